The first-order valence-corrected chi connectivity index (χ1v) is 8.03. The SMILES string of the molecule is CC(C)Oc1ccccc1NC(=O)CC(=O)Nc1ccc(F)c(Cl)c1. The highest BCUT2D eigenvalue weighted by Crippen LogP contribution is 2.25. The average Bonchev–Trinajstić information content (AvgIpc) is 2.52. The Kier molecular flexibility index (Phi) is 6.36. The molecule has 132 valence electrons. The maximum Gasteiger partial charge on any atom is 0.233 e. The van der Waals surface area contributed by atoms with Crippen LogP contribution in [0.5, 0.6) is 5.75 Å². The van der Waals surface area contributed by atoms with Crippen LogP contribution < -0.4 is 15.4 Å². The van der Waals surface area contributed by atoms with Crippen LogP contribution in [0.4, 0.5) is 15.8 Å². The van der Waals surface area contributed by atoms with Gasteiger partial charge in [0.15, 0.2) is 0 Å². The second kappa shape index (κ2) is 8.48. The van der Waals surface area contributed by atoms with E-state index in [-0.39, 0.29) is 11.1 Å². The van der Waals surface area contributed by atoms with Crippen molar-refractivity contribution in [1.82, 2.24) is 0 Å². The van der Waals surface area contributed by atoms with Crippen LogP contribution in [0.3, 0.4) is 0 Å². The number of anilines is 2. The van der Waals surface area contributed by atoms with E-state index in [4.69, 9.17) is 16.3 Å². The zero-order valence-electron chi connectivity index (χ0n) is 13.8. The number of hydrogen-bond donors (Lipinski definition) is 2. The summed E-state index contributed by atoms with van der Waals surface area (Å²) in [4.78, 5) is 24.0. The molecule has 0 aliphatic heterocycles. The Hall–Kier alpha value is -2.60. The molecule has 0 aliphatic rings. The number of carbonyl (C=O) groups is 2. The highest BCUT2D eigenvalue weighted by Gasteiger charge is 2.13. The van der Waals surface area contributed by atoms with Gasteiger partial charge in [0.2, 0.25) is 11.8 Å². The zero-order valence-corrected chi connectivity index (χ0v) is 14.6. The van der Waals surface area contributed by atoms with Crippen molar-refractivity contribution in [2.45, 2.75) is 26.4 Å². The first kappa shape index (κ1) is 18.7. The van der Waals surface area contributed by atoms with E-state index in [1.54, 1.807) is 24.3 Å². The first-order valence-electron chi connectivity index (χ1n) is 7.65. The molecule has 0 radical (unpaired) electrons. The number of rotatable bonds is 6. The van der Waals surface area contributed by atoms with Gasteiger partial charge in [-0.1, -0.05) is 23.7 Å². The van der Waals surface area contributed by atoms with E-state index in [1.807, 2.05) is 13.8 Å². The molecule has 0 fully saturated rings. The molecule has 0 saturated heterocycles. The maximum atomic E-state index is 13.1. The third-order valence-electron chi connectivity index (χ3n) is 3.05. The van der Waals surface area contributed by atoms with Crippen LogP contribution in [0.2, 0.25) is 5.02 Å². The van der Waals surface area contributed by atoms with Crippen LogP contribution in [0.1, 0.15) is 20.3 Å². The number of carbonyl (C=O) groups excluding carboxylic acids is 2. The molecule has 0 saturated carbocycles. The van der Waals surface area contributed by atoms with Gasteiger partial charge in [-0.3, -0.25) is 9.59 Å². The summed E-state index contributed by atoms with van der Waals surface area (Å²) in [5.41, 5.74) is 0.798. The van der Waals surface area contributed by atoms with Crippen molar-refractivity contribution < 1.29 is 18.7 Å². The van der Waals surface area contributed by atoms with Crippen molar-refractivity contribution in [1.29, 1.82) is 0 Å². The summed E-state index contributed by atoms with van der Waals surface area (Å²) in [5, 5.41) is 5.02. The number of benzene rings is 2. The van der Waals surface area contributed by atoms with E-state index in [1.165, 1.54) is 12.1 Å². The summed E-state index contributed by atoms with van der Waals surface area (Å²) in [5.74, 6) is -1.09. The summed E-state index contributed by atoms with van der Waals surface area (Å²) in [7, 11) is 0. The molecule has 2 amide bonds. The van der Waals surface area contributed by atoms with Crippen molar-refractivity contribution in [3.63, 3.8) is 0 Å². The Balaban J connectivity index is 1.96. The Morgan fingerprint density at radius 2 is 1.80 bits per heavy atom. The molecule has 2 aromatic rings. The van der Waals surface area contributed by atoms with Gasteiger partial charge in [0.1, 0.15) is 18.0 Å². The molecule has 0 heterocycles. The molecular formula is C18H18ClFN2O3. The van der Waals surface area contributed by atoms with Crippen molar-refractivity contribution in [3.8, 4) is 5.75 Å². The smallest absolute Gasteiger partial charge is 0.233 e. The Morgan fingerprint density at radius 3 is 2.48 bits per heavy atom. The predicted molar refractivity (Wildman–Crippen MR) is 95.5 cm³/mol. The monoisotopic (exact) mass is 364 g/mol. The second-order valence-corrected chi connectivity index (χ2v) is 5.97. The Bertz CT molecular complexity index is 781. The Morgan fingerprint density at radius 1 is 1.12 bits per heavy atom. The van der Waals surface area contributed by atoms with E-state index in [9.17, 15) is 14.0 Å². The van der Waals surface area contributed by atoms with E-state index >= 15 is 0 Å². The summed E-state index contributed by atoms with van der Waals surface area (Å²) in [6.07, 6.45) is -0.449. The maximum absolute atomic E-state index is 13.1. The van der Waals surface area contributed by atoms with Gasteiger partial charge in [0.05, 0.1) is 16.8 Å². The van der Waals surface area contributed by atoms with Gasteiger partial charge < -0.3 is 15.4 Å². The first-order chi connectivity index (χ1) is 11.8. The molecule has 0 bridgehead atoms. The van der Waals surface area contributed by atoms with Crippen LogP contribution in [0.25, 0.3) is 0 Å². The molecule has 5 nitrogen and oxygen atoms in total. The predicted octanol–water partition coefficient (Wildman–Crippen LogP) is 4.23. The summed E-state index contributed by atoms with van der Waals surface area (Å²) in [6.45, 7) is 3.75. The highest BCUT2D eigenvalue weighted by atomic mass is 35.5. The van der Waals surface area contributed by atoms with Crippen molar-refractivity contribution in [2.24, 2.45) is 0 Å². The molecule has 0 aliphatic carbocycles. The Labute approximate surface area is 150 Å². The standard InChI is InChI=1S/C18H18ClFN2O3/c1-11(2)25-16-6-4-3-5-15(16)22-18(24)10-17(23)21-12-7-8-14(20)13(19)9-12/h3-9,11H,10H2,1-2H3,(H,21,23)(H,22,24). The van der Waals surface area contributed by atoms with Gasteiger partial charge in [-0.25, -0.2) is 4.39 Å². The lowest BCUT2D eigenvalue weighted by Gasteiger charge is -2.14. The highest BCUT2D eigenvalue weighted by molar-refractivity contribution is 6.31. The lowest BCUT2D eigenvalue weighted by Crippen LogP contribution is -2.22. The van der Waals surface area contributed by atoms with Crippen molar-refractivity contribution >= 4 is 34.8 Å². The van der Waals surface area contributed by atoms with Crippen LogP contribution >= 0.6 is 11.6 Å². The van der Waals surface area contributed by atoms with Crippen LogP contribution in [0, 0.1) is 5.82 Å². The second-order valence-electron chi connectivity index (χ2n) is 5.56. The molecule has 7 heteroatoms. The van der Waals surface area contributed by atoms with Crippen LogP contribution in [0.15, 0.2) is 42.5 Å². The van der Waals surface area contributed by atoms with Crippen LogP contribution in [-0.2, 0) is 9.59 Å². The minimum absolute atomic E-state index is 0.0513. The van der Waals surface area contributed by atoms with Crippen molar-refractivity contribution in [2.75, 3.05) is 10.6 Å². The van der Waals surface area contributed by atoms with E-state index in [0.717, 1.165) is 6.07 Å². The number of halogens is 2. The minimum Gasteiger partial charge on any atom is -0.489 e. The lowest BCUT2D eigenvalue weighted by molar-refractivity contribution is -0.123. The van der Waals surface area contributed by atoms with Gasteiger partial charge in [-0.15, -0.1) is 0 Å². The molecular weight excluding hydrogens is 347 g/mol. The third kappa shape index (κ3) is 5.76. The van der Waals surface area contributed by atoms with Gasteiger partial charge >= 0.3 is 0 Å². The molecule has 0 unspecified atom stereocenters. The fourth-order valence-electron chi connectivity index (χ4n) is 2.05. The lowest BCUT2D eigenvalue weighted by atomic mass is 10.2. The molecule has 2 N–H and O–H groups in total. The van der Waals surface area contributed by atoms with E-state index < -0.39 is 24.1 Å². The molecule has 2 rings (SSSR count). The topological polar surface area (TPSA) is 67.4 Å². The van der Waals surface area contributed by atoms with Gasteiger partial charge in [-0.2, -0.15) is 0 Å². The summed E-state index contributed by atoms with van der Waals surface area (Å²) >= 11 is 5.65. The minimum atomic E-state index is -0.584. The fourth-order valence-corrected chi connectivity index (χ4v) is 2.23. The molecule has 0 atom stereocenters. The molecule has 0 spiro atoms. The van der Waals surface area contributed by atoms with Crippen LogP contribution in [-0.4, -0.2) is 17.9 Å². The molecule has 0 aromatic heterocycles. The number of amides is 2. The van der Waals surface area contributed by atoms with Gasteiger partial charge in [0, 0.05) is 5.69 Å². The normalized spacial score (nSPS) is 10.4. The zero-order chi connectivity index (χ0) is 18.4. The van der Waals surface area contributed by atoms with Gasteiger partial charge in [-0.05, 0) is 44.2 Å². The molecule has 25 heavy (non-hydrogen) atoms. The summed E-state index contributed by atoms with van der Waals surface area (Å²) in [6, 6.07) is 10.7. The quantitative estimate of drug-likeness (QED) is 0.753. The summed E-state index contributed by atoms with van der Waals surface area (Å²) < 4.78 is 18.7. The van der Waals surface area contributed by atoms with Crippen molar-refractivity contribution in [3.05, 3.63) is 53.3 Å². The average molecular weight is 365 g/mol. The largest absolute Gasteiger partial charge is 0.489 e. The van der Waals surface area contributed by atoms with Gasteiger partial charge in [0.25, 0.3) is 0 Å². The number of para-hydroxylation sites is 2. The molecule has 2 aromatic carbocycles. The number of hydrogen-bond acceptors (Lipinski definition) is 3. The third-order valence-corrected chi connectivity index (χ3v) is 3.34. The number of ether oxygens (including phenoxy) is 1. The number of nitrogens with one attached hydrogen (secondary N) is 2. The van der Waals surface area contributed by atoms with E-state index in [2.05, 4.69) is 10.6 Å². The fraction of sp³-hybridized carbons (Fsp3) is 0.222. The van der Waals surface area contributed by atoms with E-state index in [0.29, 0.717) is 17.1 Å².